The van der Waals surface area contributed by atoms with E-state index in [-0.39, 0.29) is 11.6 Å². The molecule has 0 bridgehead atoms. The number of nitrogens with one attached hydrogen (secondary N) is 1. The van der Waals surface area contributed by atoms with Crippen molar-refractivity contribution in [3.05, 3.63) is 60.4 Å². The highest BCUT2D eigenvalue weighted by Crippen LogP contribution is 2.31. The van der Waals surface area contributed by atoms with Gasteiger partial charge in [-0.3, -0.25) is 9.36 Å². The van der Waals surface area contributed by atoms with Gasteiger partial charge in [0, 0.05) is 13.1 Å². The van der Waals surface area contributed by atoms with Gasteiger partial charge < -0.3 is 10.2 Å². The molecule has 1 fully saturated rings. The summed E-state index contributed by atoms with van der Waals surface area (Å²) in [4.78, 5) is 14.9. The van der Waals surface area contributed by atoms with E-state index in [9.17, 15) is 9.18 Å². The zero-order valence-electron chi connectivity index (χ0n) is 16.8. The summed E-state index contributed by atoms with van der Waals surface area (Å²) in [5.41, 5.74) is 1.13. The Morgan fingerprint density at radius 1 is 1.03 bits per heavy atom. The maximum Gasteiger partial charge on any atom is 0.237 e. The molecule has 0 saturated carbocycles. The van der Waals surface area contributed by atoms with Crippen molar-refractivity contribution in [1.82, 2.24) is 14.8 Å². The van der Waals surface area contributed by atoms with E-state index < -0.39 is 11.1 Å². The van der Waals surface area contributed by atoms with Gasteiger partial charge in [-0.2, -0.15) is 0 Å². The number of hydrogen-bond acceptors (Lipinski definition) is 5. The van der Waals surface area contributed by atoms with E-state index >= 15 is 0 Å². The number of para-hydroxylation sites is 2. The fourth-order valence-corrected chi connectivity index (χ4v) is 4.31. The molecule has 2 heterocycles. The molecule has 0 spiro atoms. The zero-order valence-corrected chi connectivity index (χ0v) is 17.6. The summed E-state index contributed by atoms with van der Waals surface area (Å²) in [7, 11) is 0. The molecule has 0 radical (unpaired) electrons. The van der Waals surface area contributed by atoms with Gasteiger partial charge in [0.15, 0.2) is 5.16 Å². The van der Waals surface area contributed by atoms with Crippen molar-refractivity contribution in [3.63, 3.8) is 0 Å². The highest BCUT2D eigenvalue weighted by molar-refractivity contribution is 8.00. The Morgan fingerprint density at radius 3 is 2.47 bits per heavy atom. The molecule has 1 atom stereocenters. The molecule has 8 heteroatoms. The van der Waals surface area contributed by atoms with Crippen molar-refractivity contribution in [2.75, 3.05) is 23.3 Å². The maximum absolute atomic E-state index is 13.9. The van der Waals surface area contributed by atoms with Crippen LogP contribution in [0, 0.1) is 5.82 Å². The number of carbonyl (C=O) groups excluding carboxylic acids is 1. The summed E-state index contributed by atoms with van der Waals surface area (Å²) in [5.74, 6) is 0.0558. The van der Waals surface area contributed by atoms with Gasteiger partial charge in [0.2, 0.25) is 11.9 Å². The summed E-state index contributed by atoms with van der Waals surface area (Å²) < 4.78 is 15.9. The lowest BCUT2D eigenvalue weighted by Gasteiger charge is -2.28. The fraction of sp³-hybridized carbons (Fsp3) is 0.318. The third-order valence-electron chi connectivity index (χ3n) is 5.05. The monoisotopic (exact) mass is 425 g/mol. The molecule has 1 N–H and O–H groups in total. The number of thioether (sulfide) groups is 1. The lowest BCUT2D eigenvalue weighted by atomic mass is 10.1. The van der Waals surface area contributed by atoms with Crippen LogP contribution in [0.15, 0.2) is 59.8 Å². The molecule has 6 nitrogen and oxygen atoms in total. The molecular weight excluding hydrogens is 401 g/mol. The molecule has 30 heavy (non-hydrogen) atoms. The van der Waals surface area contributed by atoms with Crippen molar-refractivity contribution in [2.45, 2.75) is 36.6 Å². The number of piperidine rings is 1. The Hall–Kier alpha value is -2.87. The van der Waals surface area contributed by atoms with Gasteiger partial charge in [-0.15, -0.1) is 10.2 Å². The van der Waals surface area contributed by atoms with Crippen molar-refractivity contribution in [3.8, 4) is 5.69 Å². The highest BCUT2D eigenvalue weighted by atomic mass is 32.2. The third-order valence-corrected chi connectivity index (χ3v) is 6.10. The SMILES string of the molecule is CC(Sc1nnc(N2CCCCC2)n1-c1ccccc1)C(=O)Nc1ccccc1F. The quantitative estimate of drug-likeness (QED) is 0.589. The van der Waals surface area contributed by atoms with Crippen LogP contribution < -0.4 is 10.2 Å². The molecule has 1 unspecified atom stereocenters. The van der Waals surface area contributed by atoms with Crippen LogP contribution in [0.2, 0.25) is 0 Å². The third kappa shape index (κ3) is 4.48. The molecule has 1 amide bonds. The van der Waals surface area contributed by atoms with E-state index in [0.717, 1.165) is 37.6 Å². The minimum absolute atomic E-state index is 0.175. The molecule has 3 aromatic rings. The van der Waals surface area contributed by atoms with Gasteiger partial charge in [-0.25, -0.2) is 4.39 Å². The topological polar surface area (TPSA) is 63.1 Å². The number of amides is 1. The summed E-state index contributed by atoms with van der Waals surface area (Å²) in [6.45, 7) is 3.67. The second-order valence-electron chi connectivity index (χ2n) is 7.23. The number of benzene rings is 2. The van der Waals surface area contributed by atoms with Gasteiger partial charge >= 0.3 is 0 Å². The van der Waals surface area contributed by atoms with Crippen LogP contribution in [0.3, 0.4) is 0 Å². The number of halogens is 1. The minimum atomic E-state index is -0.481. The first kappa shape index (κ1) is 20.4. The van der Waals surface area contributed by atoms with E-state index in [0.29, 0.717) is 5.16 Å². The van der Waals surface area contributed by atoms with Gasteiger partial charge in [-0.05, 0) is 50.5 Å². The summed E-state index contributed by atoms with van der Waals surface area (Å²) >= 11 is 1.31. The lowest BCUT2D eigenvalue weighted by Crippen LogP contribution is -2.31. The zero-order chi connectivity index (χ0) is 20.9. The van der Waals surface area contributed by atoms with Gasteiger partial charge in [-0.1, -0.05) is 42.1 Å². The maximum atomic E-state index is 13.9. The number of nitrogens with zero attached hydrogens (tertiary/aromatic N) is 4. The minimum Gasteiger partial charge on any atom is -0.341 e. The molecule has 156 valence electrons. The number of rotatable bonds is 6. The van der Waals surface area contributed by atoms with Crippen molar-refractivity contribution in [2.24, 2.45) is 0 Å². The van der Waals surface area contributed by atoms with Crippen molar-refractivity contribution in [1.29, 1.82) is 0 Å². The van der Waals surface area contributed by atoms with E-state index in [1.807, 2.05) is 34.9 Å². The van der Waals surface area contributed by atoms with Crippen LogP contribution in [0.4, 0.5) is 16.0 Å². The van der Waals surface area contributed by atoms with Crippen LogP contribution in [-0.2, 0) is 4.79 Å². The number of carbonyl (C=O) groups is 1. The van der Waals surface area contributed by atoms with Crippen LogP contribution >= 0.6 is 11.8 Å². The Kier molecular flexibility index (Phi) is 6.32. The van der Waals surface area contributed by atoms with Crippen LogP contribution in [0.25, 0.3) is 5.69 Å². The first-order chi connectivity index (χ1) is 14.6. The summed E-state index contributed by atoms with van der Waals surface area (Å²) in [6.07, 6.45) is 3.49. The largest absolute Gasteiger partial charge is 0.341 e. The molecular formula is C22H24FN5OS. The first-order valence-electron chi connectivity index (χ1n) is 10.1. The Morgan fingerprint density at radius 2 is 1.73 bits per heavy atom. The summed E-state index contributed by atoms with van der Waals surface area (Å²) in [6, 6.07) is 16.1. The van der Waals surface area contributed by atoms with Crippen LogP contribution in [-0.4, -0.2) is 39.0 Å². The Bertz CT molecular complexity index is 1000. The number of hydrogen-bond donors (Lipinski definition) is 1. The fourth-order valence-electron chi connectivity index (χ4n) is 3.45. The second kappa shape index (κ2) is 9.30. The predicted molar refractivity (Wildman–Crippen MR) is 118 cm³/mol. The van der Waals surface area contributed by atoms with E-state index in [2.05, 4.69) is 20.4 Å². The van der Waals surface area contributed by atoms with E-state index in [4.69, 9.17) is 0 Å². The van der Waals surface area contributed by atoms with Crippen LogP contribution in [0.5, 0.6) is 0 Å². The second-order valence-corrected chi connectivity index (χ2v) is 8.54. The number of aromatic nitrogens is 3. The molecule has 1 aliphatic heterocycles. The molecule has 1 aromatic heterocycles. The summed E-state index contributed by atoms with van der Waals surface area (Å²) in [5, 5.41) is 11.7. The normalized spacial score (nSPS) is 15.1. The van der Waals surface area contributed by atoms with Crippen molar-refractivity contribution >= 4 is 29.3 Å². The lowest BCUT2D eigenvalue weighted by molar-refractivity contribution is -0.115. The Balaban J connectivity index is 1.58. The molecule has 4 rings (SSSR count). The molecule has 0 aliphatic carbocycles. The van der Waals surface area contributed by atoms with Crippen molar-refractivity contribution < 1.29 is 9.18 Å². The Labute approximate surface area is 179 Å². The smallest absolute Gasteiger partial charge is 0.237 e. The first-order valence-corrected chi connectivity index (χ1v) is 11.0. The number of anilines is 2. The van der Waals surface area contributed by atoms with E-state index in [1.54, 1.807) is 25.1 Å². The predicted octanol–water partition coefficient (Wildman–Crippen LogP) is 4.52. The molecule has 1 saturated heterocycles. The highest BCUT2D eigenvalue weighted by Gasteiger charge is 2.25. The standard InChI is InChI=1S/C22H24FN5OS/c1-16(20(29)24-19-13-7-6-12-18(19)23)30-22-26-25-21(27-14-8-3-9-15-27)28(22)17-10-4-2-5-11-17/h2,4-7,10-13,16H,3,8-9,14-15H2,1H3,(H,24,29). The van der Waals surface area contributed by atoms with Crippen LogP contribution in [0.1, 0.15) is 26.2 Å². The van der Waals surface area contributed by atoms with Gasteiger partial charge in [0.05, 0.1) is 16.6 Å². The van der Waals surface area contributed by atoms with Gasteiger partial charge in [0.1, 0.15) is 5.82 Å². The van der Waals surface area contributed by atoms with Gasteiger partial charge in [0.25, 0.3) is 0 Å². The molecule has 2 aromatic carbocycles. The average molecular weight is 426 g/mol. The average Bonchev–Trinajstić information content (AvgIpc) is 3.20. The van der Waals surface area contributed by atoms with E-state index in [1.165, 1.54) is 24.2 Å². The molecule has 1 aliphatic rings.